The molecule has 2 aromatic rings. The molecule has 188 valence electrons. The molecule has 2 nitrogen and oxygen atoms in total. The number of hydrogen-bond acceptors (Lipinski definition) is 1. The third-order valence-corrected chi connectivity index (χ3v) is 12.5. The maximum absolute atomic E-state index is 12.1. The molecule has 0 bridgehead atoms. The Morgan fingerprint density at radius 3 is 2.26 bits per heavy atom. The molecule has 35 heavy (non-hydrogen) atoms. The smallest absolute Gasteiger partial charge is 0.219 e. The number of carbonyl (C=O) groups excluding carboxylic acids is 1. The molecule has 1 amide bonds. The molecular weight excluding hydrogens is 426 g/mol. The van der Waals surface area contributed by atoms with Gasteiger partial charge in [0, 0.05) is 20.0 Å². The van der Waals surface area contributed by atoms with Crippen LogP contribution in [0.4, 0.5) is 0 Å². The number of fused-ring (bicyclic) bond motifs is 6. The third kappa shape index (κ3) is 3.37. The van der Waals surface area contributed by atoms with Gasteiger partial charge in [-0.05, 0) is 114 Å². The van der Waals surface area contributed by atoms with Crippen molar-refractivity contribution in [3.05, 3.63) is 48.0 Å². The number of nitrogens with zero attached hydrogens (tertiary/aromatic N) is 1. The summed E-state index contributed by atoms with van der Waals surface area (Å²) in [5.41, 5.74) is 2.92. The molecule has 0 unspecified atom stereocenters. The van der Waals surface area contributed by atoms with Gasteiger partial charge in [-0.2, -0.15) is 0 Å². The van der Waals surface area contributed by atoms with E-state index >= 15 is 0 Å². The molecule has 4 fully saturated rings. The van der Waals surface area contributed by atoms with E-state index in [0.29, 0.717) is 28.2 Å². The highest BCUT2D eigenvalue weighted by Gasteiger charge is 2.65. The molecule has 0 radical (unpaired) electrons. The molecule has 0 heterocycles. The van der Waals surface area contributed by atoms with Crippen LogP contribution in [0.25, 0.3) is 10.8 Å². The summed E-state index contributed by atoms with van der Waals surface area (Å²) < 4.78 is 0. The molecule has 0 spiro atoms. The molecular formula is C33H45NO. The van der Waals surface area contributed by atoms with E-state index < -0.39 is 0 Å². The van der Waals surface area contributed by atoms with E-state index in [-0.39, 0.29) is 5.91 Å². The van der Waals surface area contributed by atoms with Crippen molar-refractivity contribution in [3.8, 4) is 0 Å². The van der Waals surface area contributed by atoms with Crippen LogP contribution in [0.1, 0.15) is 97.0 Å². The van der Waals surface area contributed by atoms with E-state index in [1.165, 1.54) is 68.6 Å². The highest BCUT2D eigenvalue weighted by molar-refractivity contribution is 5.83. The zero-order valence-electron chi connectivity index (χ0n) is 22.6. The second kappa shape index (κ2) is 8.09. The molecule has 2 heteroatoms. The highest BCUT2D eigenvalue weighted by Crippen LogP contribution is 2.73. The van der Waals surface area contributed by atoms with E-state index in [4.69, 9.17) is 0 Å². The lowest BCUT2D eigenvalue weighted by Crippen LogP contribution is -2.59. The average molecular weight is 472 g/mol. The number of carbonyl (C=O) groups is 1. The number of hydrogen-bond donors (Lipinski definition) is 0. The van der Waals surface area contributed by atoms with Gasteiger partial charge in [0.1, 0.15) is 0 Å². The lowest BCUT2D eigenvalue weighted by atomic mass is 9.39. The quantitative estimate of drug-likeness (QED) is 0.432. The molecule has 4 aliphatic carbocycles. The van der Waals surface area contributed by atoms with Crippen LogP contribution in [0.2, 0.25) is 0 Å². The number of amides is 1. The van der Waals surface area contributed by atoms with Crippen molar-refractivity contribution in [2.75, 3.05) is 7.05 Å². The molecule has 6 rings (SSSR count). The summed E-state index contributed by atoms with van der Waals surface area (Å²) in [5.74, 6) is 3.38. The molecule has 8 atom stereocenters. The molecule has 0 N–H and O–H groups in total. The van der Waals surface area contributed by atoms with Gasteiger partial charge in [0.05, 0.1) is 0 Å². The fraction of sp³-hybridized carbons (Fsp3) is 0.667. The lowest BCUT2D eigenvalue weighted by Gasteiger charge is -2.66. The maximum Gasteiger partial charge on any atom is 0.219 e. The minimum absolute atomic E-state index is 0.235. The molecule has 4 saturated carbocycles. The summed E-state index contributed by atoms with van der Waals surface area (Å²) in [6.45, 7) is 9.76. The van der Waals surface area contributed by atoms with Gasteiger partial charge in [-0.1, -0.05) is 63.2 Å². The SMILES string of the molecule is CC(=O)N(C)[C@H]1CC[C@@]2(C)[C@@H](CC[C@]3(C)[C@@H]2CC[C@@]2(C)[C@H]3CC[C@@H]2c2ccc3ccccc3c2)C1. The zero-order valence-corrected chi connectivity index (χ0v) is 22.6. The Morgan fingerprint density at radius 2 is 1.49 bits per heavy atom. The van der Waals surface area contributed by atoms with Crippen molar-refractivity contribution >= 4 is 16.7 Å². The first-order valence-corrected chi connectivity index (χ1v) is 14.4. The van der Waals surface area contributed by atoms with Crippen molar-refractivity contribution in [2.45, 2.75) is 97.4 Å². The van der Waals surface area contributed by atoms with Crippen LogP contribution in [0.15, 0.2) is 42.5 Å². The zero-order chi connectivity index (χ0) is 24.6. The minimum atomic E-state index is 0.235. The van der Waals surface area contributed by atoms with Gasteiger partial charge < -0.3 is 4.90 Å². The monoisotopic (exact) mass is 471 g/mol. The van der Waals surface area contributed by atoms with Gasteiger partial charge in [-0.25, -0.2) is 0 Å². The van der Waals surface area contributed by atoms with Crippen molar-refractivity contribution in [3.63, 3.8) is 0 Å². The van der Waals surface area contributed by atoms with Gasteiger partial charge in [-0.3, -0.25) is 4.79 Å². The summed E-state index contributed by atoms with van der Waals surface area (Å²) in [6.07, 6.45) is 12.0. The largest absolute Gasteiger partial charge is 0.343 e. The van der Waals surface area contributed by atoms with Crippen LogP contribution >= 0.6 is 0 Å². The highest BCUT2D eigenvalue weighted by atomic mass is 16.2. The minimum Gasteiger partial charge on any atom is -0.343 e. The van der Waals surface area contributed by atoms with E-state index in [1.54, 1.807) is 12.5 Å². The molecule has 0 aromatic heterocycles. The first-order chi connectivity index (χ1) is 16.7. The Kier molecular flexibility index (Phi) is 5.44. The lowest BCUT2D eigenvalue weighted by molar-refractivity contribution is -0.168. The van der Waals surface area contributed by atoms with E-state index in [2.05, 4.69) is 63.2 Å². The summed E-state index contributed by atoms with van der Waals surface area (Å²) in [5, 5.41) is 2.76. The topological polar surface area (TPSA) is 20.3 Å². The van der Waals surface area contributed by atoms with Gasteiger partial charge in [0.25, 0.3) is 0 Å². The Hall–Kier alpha value is -1.83. The summed E-state index contributed by atoms with van der Waals surface area (Å²) in [6, 6.07) is 16.6. The van der Waals surface area contributed by atoms with Crippen LogP contribution in [0.3, 0.4) is 0 Å². The van der Waals surface area contributed by atoms with E-state index in [9.17, 15) is 4.79 Å². The second-order valence-corrected chi connectivity index (χ2v) is 13.7. The maximum atomic E-state index is 12.1. The first kappa shape index (κ1) is 23.6. The van der Waals surface area contributed by atoms with E-state index in [0.717, 1.165) is 17.8 Å². The standard InChI is InChI=1S/C33H45NO/c1-22(35)34(5)27-15-18-31(2)26(21-27)14-17-33(4)29-13-12-28(32(29,3)19-16-30(31)33)25-11-10-23-8-6-7-9-24(23)20-25/h6-11,20,26-30H,12-19,21H2,1-5H3/t26-,27-,28+,29+,30+,31-,32+,33-/m0/s1. The second-order valence-electron chi connectivity index (χ2n) is 13.7. The van der Waals surface area contributed by atoms with Crippen LogP contribution in [0.5, 0.6) is 0 Å². The fourth-order valence-electron chi connectivity index (χ4n) is 10.5. The average Bonchev–Trinajstić information content (AvgIpc) is 3.21. The van der Waals surface area contributed by atoms with Gasteiger partial charge in [0.15, 0.2) is 0 Å². The van der Waals surface area contributed by atoms with Crippen LogP contribution in [-0.4, -0.2) is 23.9 Å². The number of benzene rings is 2. The Balaban J connectivity index is 1.28. The van der Waals surface area contributed by atoms with Crippen LogP contribution in [0, 0.1) is 34.0 Å². The fourth-order valence-corrected chi connectivity index (χ4v) is 10.5. The van der Waals surface area contributed by atoms with Crippen LogP contribution in [-0.2, 0) is 4.79 Å². The van der Waals surface area contributed by atoms with Gasteiger partial charge >= 0.3 is 0 Å². The Bertz CT molecular complexity index is 1140. The number of rotatable bonds is 2. The molecule has 0 saturated heterocycles. The van der Waals surface area contributed by atoms with Crippen molar-refractivity contribution < 1.29 is 4.79 Å². The van der Waals surface area contributed by atoms with Gasteiger partial charge in [-0.15, -0.1) is 0 Å². The molecule has 4 aliphatic rings. The van der Waals surface area contributed by atoms with E-state index in [1.807, 2.05) is 11.9 Å². The predicted octanol–water partition coefficient (Wildman–Crippen LogP) is 8.20. The van der Waals surface area contributed by atoms with Crippen molar-refractivity contribution in [2.24, 2.45) is 34.0 Å². The predicted molar refractivity (Wildman–Crippen MR) is 145 cm³/mol. The Morgan fingerprint density at radius 1 is 0.800 bits per heavy atom. The van der Waals surface area contributed by atoms with Gasteiger partial charge in [0.2, 0.25) is 5.91 Å². The van der Waals surface area contributed by atoms with Crippen molar-refractivity contribution in [1.82, 2.24) is 4.90 Å². The van der Waals surface area contributed by atoms with Crippen molar-refractivity contribution in [1.29, 1.82) is 0 Å². The Labute approximate surface area is 212 Å². The first-order valence-electron chi connectivity index (χ1n) is 14.4. The third-order valence-electron chi connectivity index (χ3n) is 12.5. The summed E-state index contributed by atoms with van der Waals surface area (Å²) in [4.78, 5) is 14.1. The van der Waals surface area contributed by atoms with Crippen LogP contribution < -0.4 is 0 Å². The summed E-state index contributed by atoms with van der Waals surface area (Å²) in [7, 11) is 2.03. The summed E-state index contributed by atoms with van der Waals surface area (Å²) >= 11 is 0. The molecule has 0 aliphatic heterocycles. The normalized spacial score (nSPS) is 42.7. The molecule has 2 aromatic carbocycles.